The van der Waals surface area contributed by atoms with Crippen LogP contribution in [-0.4, -0.2) is 18.1 Å². The van der Waals surface area contributed by atoms with Gasteiger partial charge in [0.15, 0.2) is 0 Å². The van der Waals surface area contributed by atoms with Crippen molar-refractivity contribution >= 4 is 39.1 Å². The summed E-state index contributed by atoms with van der Waals surface area (Å²) in [5.41, 5.74) is -0.369. The van der Waals surface area contributed by atoms with Gasteiger partial charge >= 0.3 is 5.70 Å². The van der Waals surface area contributed by atoms with E-state index in [0.717, 1.165) is 0 Å². The van der Waals surface area contributed by atoms with E-state index < -0.39 is 4.92 Å². The van der Waals surface area contributed by atoms with Gasteiger partial charge in [-0.25, -0.2) is 0 Å². The third-order valence-corrected chi connectivity index (χ3v) is 2.68. The van der Waals surface area contributed by atoms with Gasteiger partial charge in [0, 0.05) is 0 Å². The highest BCUT2D eigenvalue weighted by molar-refractivity contribution is 9.12. The normalized spacial score (nSPS) is 20.8. The van der Waals surface area contributed by atoms with Gasteiger partial charge in [0.2, 0.25) is 0 Å². The van der Waals surface area contributed by atoms with Crippen molar-refractivity contribution in [2.24, 2.45) is 0 Å². The second kappa shape index (κ2) is 4.86. The number of ether oxygens (including phenoxy) is 1. The highest BCUT2D eigenvalue weighted by Gasteiger charge is 2.28. The molecule has 0 bridgehead atoms. The molecule has 0 amide bonds. The molecule has 1 rings (SSSR count). The Morgan fingerprint density at radius 2 is 2.29 bits per heavy atom. The topological polar surface area (TPSA) is 64.4 Å². The zero-order chi connectivity index (χ0) is 10.7. The Morgan fingerprint density at radius 3 is 2.64 bits per heavy atom. The van der Waals surface area contributed by atoms with Crippen molar-refractivity contribution in [3.8, 4) is 0 Å². The maximum absolute atomic E-state index is 10.7. The lowest BCUT2D eigenvalue weighted by atomic mass is 10.4. The van der Waals surface area contributed by atoms with Crippen LogP contribution in [0.1, 0.15) is 0 Å². The summed E-state index contributed by atoms with van der Waals surface area (Å²) in [4.78, 5) is 10.0. The summed E-state index contributed by atoms with van der Waals surface area (Å²) < 4.78 is 4.94. The SMILES string of the molecule is O=[N+]([O-])C(=C1NCCO1)C(Cl)=C(Cl)Br. The van der Waals surface area contributed by atoms with E-state index in [2.05, 4.69) is 21.2 Å². The second-order valence-corrected chi connectivity index (χ2v) is 4.29. The molecule has 14 heavy (non-hydrogen) atoms. The molecule has 78 valence electrons. The van der Waals surface area contributed by atoms with Crippen molar-refractivity contribution in [3.05, 3.63) is 30.7 Å². The van der Waals surface area contributed by atoms with Crippen LogP contribution in [-0.2, 0) is 4.74 Å². The van der Waals surface area contributed by atoms with Crippen LogP contribution >= 0.6 is 39.1 Å². The number of nitrogens with one attached hydrogen (secondary N) is 1. The van der Waals surface area contributed by atoms with Crippen LogP contribution in [0.4, 0.5) is 0 Å². The third-order valence-electron chi connectivity index (χ3n) is 1.41. The van der Waals surface area contributed by atoms with E-state index in [1.165, 1.54) is 0 Å². The average Bonchev–Trinajstić information content (AvgIpc) is 2.56. The molecule has 0 atom stereocenters. The standard InChI is InChI=1S/C6H5BrCl2N2O3/c7-5(9)3(8)4(11(12)13)6-10-1-2-14-6/h10H,1-2H2. The number of hydrogen-bond donors (Lipinski definition) is 1. The quantitative estimate of drug-likeness (QED) is 0.627. The molecule has 5 nitrogen and oxygen atoms in total. The molecule has 0 unspecified atom stereocenters. The summed E-state index contributed by atoms with van der Waals surface area (Å²) in [5.74, 6) is 0.0394. The summed E-state index contributed by atoms with van der Waals surface area (Å²) in [5, 5.41) is 13.2. The van der Waals surface area contributed by atoms with Crippen molar-refractivity contribution in [2.75, 3.05) is 13.2 Å². The first-order valence-corrected chi connectivity index (χ1v) is 5.05. The van der Waals surface area contributed by atoms with Crippen molar-refractivity contribution in [1.82, 2.24) is 5.32 Å². The van der Waals surface area contributed by atoms with Crippen molar-refractivity contribution in [3.63, 3.8) is 0 Å². The average molecular weight is 304 g/mol. The molecular formula is C6H5BrCl2N2O3. The van der Waals surface area contributed by atoms with Gasteiger partial charge in [0.25, 0.3) is 5.88 Å². The predicted octanol–water partition coefficient (Wildman–Crippen LogP) is 2.09. The van der Waals surface area contributed by atoms with E-state index in [1.807, 2.05) is 0 Å². The predicted molar refractivity (Wildman–Crippen MR) is 55.6 cm³/mol. The van der Waals surface area contributed by atoms with Crippen LogP contribution in [0.25, 0.3) is 0 Å². The molecule has 0 aromatic rings. The van der Waals surface area contributed by atoms with Gasteiger partial charge in [-0.3, -0.25) is 10.1 Å². The van der Waals surface area contributed by atoms with Gasteiger partial charge in [-0.2, -0.15) is 0 Å². The Bertz CT molecular complexity index is 317. The molecule has 0 radical (unpaired) electrons. The Morgan fingerprint density at radius 1 is 1.64 bits per heavy atom. The summed E-state index contributed by atoms with van der Waals surface area (Å²) >= 11 is 14.0. The van der Waals surface area contributed by atoms with Gasteiger partial charge in [0.1, 0.15) is 15.6 Å². The van der Waals surface area contributed by atoms with E-state index in [9.17, 15) is 10.1 Å². The molecule has 0 spiro atoms. The molecular weight excluding hydrogens is 299 g/mol. The number of nitrogens with zero attached hydrogens (tertiary/aromatic N) is 1. The summed E-state index contributed by atoms with van der Waals surface area (Å²) in [6.07, 6.45) is 0. The Hall–Kier alpha value is -0.460. The Kier molecular flexibility index (Phi) is 4.03. The molecule has 1 N–H and O–H groups in total. The van der Waals surface area contributed by atoms with Gasteiger partial charge < -0.3 is 10.1 Å². The van der Waals surface area contributed by atoms with Crippen LogP contribution in [0.5, 0.6) is 0 Å². The summed E-state index contributed by atoms with van der Waals surface area (Å²) in [6.45, 7) is 0.882. The first-order chi connectivity index (χ1) is 6.54. The summed E-state index contributed by atoms with van der Waals surface area (Å²) in [7, 11) is 0. The van der Waals surface area contributed by atoms with E-state index >= 15 is 0 Å². The maximum atomic E-state index is 10.7. The van der Waals surface area contributed by atoms with Crippen molar-refractivity contribution < 1.29 is 9.66 Å². The fourth-order valence-corrected chi connectivity index (χ4v) is 1.31. The van der Waals surface area contributed by atoms with Gasteiger partial charge in [0.05, 0.1) is 11.5 Å². The van der Waals surface area contributed by atoms with E-state index in [0.29, 0.717) is 13.2 Å². The third kappa shape index (κ3) is 2.52. The van der Waals surface area contributed by atoms with E-state index in [-0.39, 0.29) is 20.6 Å². The van der Waals surface area contributed by atoms with E-state index in [4.69, 9.17) is 27.9 Å². The first-order valence-electron chi connectivity index (χ1n) is 3.50. The van der Waals surface area contributed by atoms with Crippen LogP contribution in [0.2, 0.25) is 0 Å². The van der Waals surface area contributed by atoms with Crippen LogP contribution < -0.4 is 5.32 Å². The molecule has 0 saturated carbocycles. The zero-order valence-corrected chi connectivity index (χ0v) is 9.82. The van der Waals surface area contributed by atoms with Gasteiger partial charge in [-0.05, 0) is 15.9 Å². The van der Waals surface area contributed by atoms with Crippen molar-refractivity contribution in [1.29, 1.82) is 0 Å². The molecule has 1 saturated heterocycles. The largest absolute Gasteiger partial charge is 0.472 e. The van der Waals surface area contributed by atoms with Gasteiger partial charge in [-0.1, -0.05) is 23.2 Å². The molecule has 8 heteroatoms. The monoisotopic (exact) mass is 302 g/mol. The minimum absolute atomic E-state index is 0.0318. The molecule has 0 aliphatic carbocycles. The molecule has 0 aromatic carbocycles. The molecule has 1 heterocycles. The Labute approximate surface area is 98.0 Å². The lowest BCUT2D eigenvalue weighted by Crippen LogP contribution is -2.13. The number of allylic oxidation sites excluding steroid dienone is 1. The fourth-order valence-electron chi connectivity index (χ4n) is 0.873. The van der Waals surface area contributed by atoms with Crippen molar-refractivity contribution in [2.45, 2.75) is 0 Å². The molecule has 1 aliphatic rings. The maximum Gasteiger partial charge on any atom is 0.348 e. The van der Waals surface area contributed by atoms with Crippen LogP contribution in [0, 0.1) is 10.1 Å². The first kappa shape index (κ1) is 11.6. The van der Waals surface area contributed by atoms with E-state index in [1.54, 1.807) is 0 Å². The smallest absolute Gasteiger partial charge is 0.348 e. The van der Waals surface area contributed by atoms with Crippen LogP contribution in [0.15, 0.2) is 20.6 Å². The highest BCUT2D eigenvalue weighted by Crippen LogP contribution is 2.29. The zero-order valence-electron chi connectivity index (χ0n) is 6.72. The lowest BCUT2D eigenvalue weighted by molar-refractivity contribution is -0.423. The Balaban J connectivity index is 3.13. The second-order valence-electron chi connectivity index (χ2n) is 2.28. The number of hydrogen-bond acceptors (Lipinski definition) is 4. The lowest BCUT2D eigenvalue weighted by Gasteiger charge is -2.01. The minimum atomic E-state index is -0.653. The van der Waals surface area contributed by atoms with Gasteiger partial charge in [-0.15, -0.1) is 0 Å². The highest BCUT2D eigenvalue weighted by atomic mass is 79.9. The van der Waals surface area contributed by atoms with Crippen LogP contribution in [0.3, 0.4) is 0 Å². The molecule has 1 fully saturated rings. The number of halogens is 3. The molecule has 0 aromatic heterocycles. The minimum Gasteiger partial charge on any atom is -0.472 e. The summed E-state index contributed by atoms with van der Waals surface area (Å²) in [6, 6.07) is 0. The molecule has 1 aliphatic heterocycles. The fraction of sp³-hybridized carbons (Fsp3) is 0.333. The number of nitro groups is 1. The number of rotatable bonds is 2.